The first kappa shape index (κ1) is 16.7. The molecule has 1 saturated heterocycles. The molecule has 3 heterocycles. The van der Waals surface area contributed by atoms with Crippen molar-refractivity contribution in [3.8, 4) is 0 Å². The summed E-state index contributed by atoms with van der Waals surface area (Å²) < 4.78 is 2.17. The van der Waals surface area contributed by atoms with Gasteiger partial charge >= 0.3 is 0 Å². The molecule has 5 heteroatoms. The number of nitrogens with zero attached hydrogens (tertiary/aromatic N) is 3. The molecule has 3 rings (SSSR count). The fraction of sp³-hybridized carbons (Fsp3) is 0.474. The monoisotopic (exact) mass is 326 g/mol. The minimum Gasteiger partial charge on any atom is -0.342 e. The van der Waals surface area contributed by atoms with Crippen LogP contribution in [0.15, 0.2) is 30.5 Å². The molecule has 2 N–H and O–H groups in total. The van der Waals surface area contributed by atoms with Gasteiger partial charge in [0.05, 0.1) is 17.8 Å². The van der Waals surface area contributed by atoms with Crippen LogP contribution in [0.2, 0.25) is 0 Å². The molecule has 0 saturated carbocycles. The summed E-state index contributed by atoms with van der Waals surface area (Å²) in [6, 6.07) is 7.93. The van der Waals surface area contributed by atoms with E-state index in [0.717, 1.165) is 55.1 Å². The molecule has 1 amide bonds. The van der Waals surface area contributed by atoms with E-state index < -0.39 is 0 Å². The Labute approximate surface area is 143 Å². The number of piperidine rings is 1. The first-order valence-electron chi connectivity index (χ1n) is 8.66. The molecule has 2 aromatic rings. The van der Waals surface area contributed by atoms with Gasteiger partial charge < -0.3 is 15.2 Å². The predicted molar refractivity (Wildman–Crippen MR) is 94.9 cm³/mol. The molecule has 128 valence electrons. The molecular weight excluding hydrogens is 300 g/mol. The van der Waals surface area contributed by atoms with Crippen molar-refractivity contribution in [2.75, 3.05) is 19.6 Å². The second kappa shape index (κ2) is 7.18. The van der Waals surface area contributed by atoms with Crippen molar-refractivity contribution >= 4 is 5.91 Å². The van der Waals surface area contributed by atoms with Crippen LogP contribution in [0.1, 0.15) is 40.3 Å². The zero-order chi connectivity index (χ0) is 17.1. The number of pyridine rings is 1. The van der Waals surface area contributed by atoms with Crippen LogP contribution in [0.5, 0.6) is 0 Å². The number of aromatic nitrogens is 2. The van der Waals surface area contributed by atoms with Crippen LogP contribution < -0.4 is 5.73 Å². The van der Waals surface area contributed by atoms with Gasteiger partial charge in [-0.25, -0.2) is 0 Å². The number of carbonyl (C=O) groups is 1. The fourth-order valence-corrected chi connectivity index (χ4v) is 3.46. The summed E-state index contributed by atoms with van der Waals surface area (Å²) in [5.41, 5.74) is 9.67. The maximum absolute atomic E-state index is 12.9. The highest BCUT2D eigenvalue weighted by Gasteiger charge is 2.25. The maximum Gasteiger partial charge on any atom is 0.255 e. The lowest BCUT2D eigenvalue weighted by Gasteiger charge is -2.31. The lowest BCUT2D eigenvalue weighted by Crippen LogP contribution is -2.40. The second-order valence-corrected chi connectivity index (χ2v) is 6.66. The highest BCUT2D eigenvalue weighted by molar-refractivity contribution is 5.95. The minimum absolute atomic E-state index is 0.144. The van der Waals surface area contributed by atoms with Crippen molar-refractivity contribution in [3.05, 3.63) is 53.1 Å². The number of hydrogen-bond donors (Lipinski definition) is 1. The molecule has 0 atom stereocenters. The molecule has 0 radical (unpaired) electrons. The van der Waals surface area contributed by atoms with E-state index in [-0.39, 0.29) is 5.91 Å². The van der Waals surface area contributed by atoms with Crippen LogP contribution in [0.25, 0.3) is 0 Å². The summed E-state index contributed by atoms with van der Waals surface area (Å²) in [7, 11) is 0. The fourth-order valence-electron chi connectivity index (χ4n) is 3.46. The van der Waals surface area contributed by atoms with Gasteiger partial charge in [0, 0.05) is 30.7 Å². The van der Waals surface area contributed by atoms with Crippen LogP contribution >= 0.6 is 0 Å². The third-order valence-electron chi connectivity index (χ3n) is 5.09. The summed E-state index contributed by atoms with van der Waals surface area (Å²) in [6.45, 7) is 7.11. The minimum atomic E-state index is 0.144. The van der Waals surface area contributed by atoms with Crippen LogP contribution in [0, 0.1) is 19.8 Å². The predicted octanol–water partition coefficient (Wildman–Crippen LogP) is 2.36. The Bertz CT molecular complexity index is 700. The molecule has 1 aliphatic rings. The number of nitrogens with two attached hydrogens (primary N) is 1. The second-order valence-electron chi connectivity index (χ2n) is 6.66. The van der Waals surface area contributed by atoms with Crippen molar-refractivity contribution in [2.45, 2.75) is 33.2 Å². The van der Waals surface area contributed by atoms with Crippen molar-refractivity contribution < 1.29 is 4.79 Å². The standard InChI is InChI=1S/C19H26N4O/c1-14-11-18(19(24)22-9-6-16(12-20)7-10-22)15(2)23(14)13-17-5-3-4-8-21-17/h3-5,8,11,16H,6-7,9-10,12-13,20H2,1-2H3. The highest BCUT2D eigenvalue weighted by Crippen LogP contribution is 2.22. The Morgan fingerprint density at radius 1 is 1.29 bits per heavy atom. The van der Waals surface area contributed by atoms with Gasteiger partial charge in [-0.3, -0.25) is 9.78 Å². The Balaban J connectivity index is 1.77. The van der Waals surface area contributed by atoms with Gasteiger partial charge in [-0.15, -0.1) is 0 Å². The zero-order valence-electron chi connectivity index (χ0n) is 14.5. The quantitative estimate of drug-likeness (QED) is 0.938. The number of carbonyl (C=O) groups excluding carboxylic acids is 1. The van der Waals surface area contributed by atoms with Gasteiger partial charge in [0.25, 0.3) is 5.91 Å². The zero-order valence-corrected chi connectivity index (χ0v) is 14.5. The number of hydrogen-bond acceptors (Lipinski definition) is 3. The molecule has 0 bridgehead atoms. The number of likely N-dealkylation sites (tertiary alicyclic amines) is 1. The van der Waals surface area contributed by atoms with Gasteiger partial charge in [-0.2, -0.15) is 0 Å². The smallest absolute Gasteiger partial charge is 0.255 e. The topological polar surface area (TPSA) is 64.2 Å². The van der Waals surface area contributed by atoms with E-state index in [1.165, 1.54) is 0 Å². The SMILES string of the molecule is Cc1cc(C(=O)N2CCC(CN)CC2)c(C)n1Cc1ccccn1. The van der Waals surface area contributed by atoms with Crippen LogP contribution in [0.3, 0.4) is 0 Å². The first-order chi connectivity index (χ1) is 11.6. The molecule has 5 nitrogen and oxygen atoms in total. The average molecular weight is 326 g/mol. The van der Waals surface area contributed by atoms with E-state index >= 15 is 0 Å². The lowest BCUT2D eigenvalue weighted by atomic mass is 9.96. The van der Waals surface area contributed by atoms with Crippen LogP contribution in [-0.4, -0.2) is 40.0 Å². The normalized spacial score (nSPS) is 15.7. The first-order valence-corrected chi connectivity index (χ1v) is 8.66. The van der Waals surface area contributed by atoms with Gasteiger partial charge in [-0.05, 0) is 57.4 Å². The van der Waals surface area contributed by atoms with Gasteiger partial charge in [0.15, 0.2) is 0 Å². The van der Waals surface area contributed by atoms with E-state index in [9.17, 15) is 4.79 Å². The van der Waals surface area contributed by atoms with E-state index in [2.05, 4.69) is 9.55 Å². The number of aryl methyl sites for hydroxylation is 1. The summed E-state index contributed by atoms with van der Waals surface area (Å²) in [6.07, 6.45) is 3.82. The van der Waals surface area contributed by atoms with Crippen molar-refractivity contribution in [1.82, 2.24) is 14.5 Å². The molecule has 0 spiro atoms. The Kier molecular flexibility index (Phi) is 5.00. The van der Waals surface area contributed by atoms with Crippen molar-refractivity contribution in [2.24, 2.45) is 11.7 Å². The molecule has 0 unspecified atom stereocenters. The lowest BCUT2D eigenvalue weighted by molar-refractivity contribution is 0.0692. The largest absolute Gasteiger partial charge is 0.342 e. The molecular formula is C19H26N4O. The molecule has 24 heavy (non-hydrogen) atoms. The number of rotatable bonds is 4. The van der Waals surface area contributed by atoms with E-state index in [1.807, 2.05) is 43.0 Å². The molecule has 0 aliphatic carbocycles. The summed E-state index contributed by atoms with van der Waals surface area (Å²) >= 11 is 0. The van der Waals surface area contributed by atoms with Crippen LogP contribution in [-0.2, 0) is 6.54 Å². The Morgan fingerprint density at radius 3 is 2.67 bits per heavy atom. The third kappa shape index (κ3) is 3.36. The van der Waals surface area contributed by atoms with Crippen molar-refractivity contribution in [3.63, 3.8) is 0 Å². The van der Waals surface area contributed by atoms with Gasteiger partial charge in [0.2, 0.25) is 0 Å². The molecule has 1 aliphatic heterocycles. The molecule has 1 fully saturated rings. The Hall–Kier alpha value is -2.14. The van der Waals surface area contributed by atoms with E-state index in [1.54, 1.807) is 6.20 Å². The summed E-state index contributed by atoms with van der Waals surface area (Å²) in [4.78, 5) is 19.3. The van der Waals surface area contributed by atoms with Gasteiger partial charge in [0.1, 0.15) is 0 Å². The number of amides is 1. The van der Waals surface area contributed by atoms with Crippen molar-refractivity contribution in [1.29, 1.82) is 0 Å². The van der Waals surface area contributed by atoms with Gasteiger partial charge in [-0.1, -0.05) is 6.07 Å². The molecule has 0 aromatic carbocycles. The van der Waals surface area contributed by atoms with E-state index in [0.29, 0.717) is 12.5 Å². The summed E-state index contributed by atoms with van der Waals surface area (Å²) in [5.74, 6) is 0.705. The van der Waals surface area contributed by atoms with Crippen LogP contribution in [0.4, 0.5) is 0 Å². The molecule has 2 aromatic heterocycles. The average Bonchev–Trinajstić information content (AvgIpc) is 2.90. The third-order valence-corrected chi connectivity index (χ3v) is 5.09. The van der Waals surface area contributed by atoms with E-state index in [4.69, 9.17) is 5.73 Å². The Morgan fingerprint density at radius 2 is 2.04 bits per heavy atom. The maximum atomic E-state index is 12.9. The summed E-state index contributed by atoms with van der Waals surface area (Å²) in [5, 5.41) is 0. The highest BCUT2D eigenvalue weighted by atomic mass is 16.2.